The van der Waals surface area contributed by atoms with Crippen molar-refractivity contribution in [2.45, 2.75) is 91.7 Å². The van der Waals surface area contributed by atoms with Gasteiger partial charge in [-0.15, -0.1) is 0 Å². The van der Waals surface area contributed by atoms with Gasteiger partial charge in [0.05, 0.1) is 25.8 Å². The van der Waals surface area contributed by atoms with Crippen molar-refractivity contribution >= 4 is 17.6 Å². The van der Waals surface area contributed by atoms with E-state index in [0.29, 0.717) is 23.4 Å². The summed E-state index contributed by atoms with van der Waals surface area (Å²) in [6.07, 6.45) is -3.45. The number of halogens is 3. The number of nitrogens with zero attached hydrogens (tertiary/aromatic N) is 1. The molecule has 45 heavy (non-hydrogen) atoms. The van der Waals surface area contributed by atoms with Gasteiger partial charge in [-0.3, -0.25) is 9.69 Å². The number of benzene rings is 2. The number of hydrogen-bond donors (Lipinski definition) is 1. The van der Waals surface area contributed by atoms with Gasteiger partial charge in [-0.1, -0.05) is 45.4 Å². The van der Waals surface area contributed by atoms with E-state index in [1.165, 1.54) is 7.11 Å². The highest BCUT2D eigenvalue weighted by Crippen LogP contribution is 2.46. The van der Waals surface area contributed by atoms with Gasteiger partial charge in [0.25, 0.3) is 0 Å². The van der Waals surface area contributed by atoms with Crippen LogP contribution >= 0.6 is 0 Å². The zero-order chi connectivity index (χ0) is 33.3. The molecule has 1 N–H and O–H groups in total. The summed E-state index contributed by atoms with van der Waals surface area (Å²) in [4.78, 5) is 27.2. The lowest BCUT2D eigenvalue weighted by molar-refractivity contribution is -0.144. The molecular weight excluding hydrogens is 585 g/mol. The number of carbonyl (C=O) groups is 2. The molecule has 246 valence electrons. The van der Waals surface area contributed by atoms with E-state index in [9.17, 15) is 22.8 Å². The molecule has 1 fully saturated rings. The summed E-state index contributed by atoms with van der Waals surface area (Å²) in [5.41, 5.74) is 4.05. The molecule has 0 unspecified atom stereocenters. The van der Waals surface area contributed by atoms with Crippen LogP contribution in [0.15, 0.2) is 42.0 Å². The molecule has 0 spiro atoms. The van der Waals surface area contributed by atoms with Crippen LogP contribution in [0.25, 0.3) is 5.57 Å². The maximum Gasteiger partial charge on any atom is 0.416 e. The van der Waals surface area contributed by atoms with E-state index < -0.39 is 36.0 Å². The van der Waals surface area contributed by atoms with Crippen LogP contribution in [-0.2, 0) is 27.0 Å². The first kappa shape index (κ1) is 34.3. The number of carbonyl (C=O) groups excluding carboxylic acids is 2. The van der Waals surface area contributed by atoms with Gasteiger partial charge < -0.3 is 19.5 Å². The van der Waals surface area contributed by atoms with Crippen LogP contribution in [-0.4, -0.2) is 49.8 Å². The predicted octanol–water partition coefficient (Wildman–Crippen LogP) is 7.86. The molecule has 2 aromatic rings. The van der Waals surface area contributed by atoms with Crippen molar-refractivity contribution < 1.29 is 37.0 Å². The quantitative estimate of drug-likeness (QED) is 0.270. The molecule has 1 amide bonds. The average Bonchev–Trinajstić information content (AvgIpc) is 3.24. The van der Waals surface area contributed by atoms with E-state index in [0.717, 1.165) is 53.7 Å². The number of ether oxygens (including phenoxy) is 3. The van der Waals surface area contributed by atoms with Gasteiger partial charge in [0, 0.05) is 18.7 Å². The Labute approximate surface area is 264 Å². The molecule has 3 atom stereocenters. The van der Waals surface area contributed by atoms with E-state index in [1.807, 2.05) is 32.9 Å². The van der Waals surface area contributed by atoms with Gasteiger partial charge in [-0.2, -0.15) is 13.2 Å². The van der Waals surface area contributed by atoms with Crippen LogP contribution in [0, 0.1) is 18.3 Å². The summed E-state index contributed by atoms with van der Waals surface area (Å²) in [5.74, 6) is 0.424. The maximum absolute atomic E-state index is 13.6. The number of esters is 1. The van der Waals surface area contributed by atoms with Gasteiger partial charge >= 0.3 is 18.2 Å². The van der Waals surface area contributed by atoms with Crippen molar-refractivity contribution in [1.29, 1.82) is 0 Å². The Kier molecular flexibility index (Phi) is 10.3. The molecule has 1 heterocycles. The molecule has 0 aromatic heterocycles. The number of aryl methyl sites for hydroxylation is 1. The van der Waals surface area contributed by atoms with Crippen LogP contribution in [0.4, 0.5) is 18.0 Å². The van der Waals surface area contributed by atoms with Crippen LogP contribution in [0.5, 0.6) is 5.75 Å². The maximum atomic E-state index is 13.6. The van der Waals surface area contributed by atoms with Gasteiger partial charge in [-0.05, 0) is 91.0 Å². The lowest BCUT2D eigenvalue weighted by atomic mass is 9.72. The Morgan fingerprint density at radius 3 is 2.49 bits per heavy atom. The van der Waals surface area contributed by atoms with Crippen LogP contribution in [0.1, 0.15) is 87.8 Å². The van der Waals surface area contributed by atoms with Crippen molar-refractivity contribution in [3.05, 3.63) is 69.8 Å². The molecule has 1 aliphatic carbocycles. The summed E-state index contributed by atoms with van der Waals surface area (Å²) in [5, 5.41) is 3.31. The number of rotatable bonds is 10. The highest BCUT2D eigenvalue weighted by atomic mass is 19.4. The largest absolute Gasteiger partial charge is 0.496 e. The number of cyclic esters (lactones) is 1. The van der Waals surface area contributed by atoms with E-state index in [-0.39, 0.29) is 23.8 Å². The summed E-state index contributed by atoms with van der Waals surface area (Å²) in [6, 6.07) is 8.82. The first-order valence-electron chi connectivity index (χ1n) is 15.4. The zero-order valence-electron chi connectivity index (χ0n) is 27.4. The summed E-state index contributed by atoms with van der Waals surface area (Å²) in [6.45, 7) is 12.5. The van der Waals surface area contributed by atoms with Crippen LogP contribution in [0.3, 0.4) is 0 Å². The Balaban J connectivity index is 1.67. The molecule has 2 aromatic carbocycles. The van der Waals surface area contributed by atoms with Crippen molar-refractivity contribution in [2.75, 3.05) is 20.8 Å². The summed E-state index contributed by atoms with van der Waals surface area (Å²) in [7, 11) is 3.00. The van der Waals surface area contributed by atoms with E-state index in [4.69, 9.17) is 14.2 Å². The number of allylic oxidation sites excluding steroid dienone is 1. The van der Waals surface area contributed by atoms with Gasteiger partial charge in [0.15, 0.2) is 0 Å². The van der Waals surface area contributed by atoms with E-state index in [1.54, 1.807) is 25.0 Å². The van der Waals surface area contributed by atoms with Crippen LogP contribution < -0.4 is 10.1 Å². The Bertz CT molecular complexity index is 1450. The molecule has 0 radical (unpaired) electrons. The van der Waals surface area contributed by atoms with Crippen molar-refractivity contribution in [3.8, 4) is 5.75 Å². The lowest BCUT2D eigenvalue weighted by Gasteiger charge is -2.36. The first-order chi connectivity index (χ1) is 21.0. The number of methoxy groups -OCH3 is 2. The third kappa shape index (κ3) is 7.83. The topological polar surface area (TPSA) is 77.1 Å². The third-order valence-electron chi connectivity index (χ3n) is 8.92. The SMILES string of the molecule is COC(=O)[C@H](NCc1ccc(OC)c(C2=C(CN3C(=O)O[C@H](c4cc(C)cc(C(F)(F)F)c4)[C@@H]3C)CC(C)(C)CC2)c1)C(C)C. The first-order valence-corrected chi connectivity index (χ1v) is 15.4. The predicted molar refractivity (Wildman–Crippen MR) is 167 cm³/mol. The molecule has 0 bridgehead atoms. The fourth-order valence-electron chi connectivity index (χ4n) is 6.44. The smallest absolute Gasteiger partial charge is 0.416 e. The second kappa shape index (κ2) is 13.4. The molecule has 1 aliphatic heterocycles. The molecule has 1 saturated heterocycles. The van der Waals surface area contributed by atoms with E-state index in [2.05, 4.69) is 25.2 Å². The fourth-order valence-corrected chi connectivity index (χ4v) is 6.44. The standard InChI is InChI=1S/C35H45F3N2O5/c1-20(2)30(32(41)44-8)39-18-23-9-10-29(43-7)28(15-23)27-11-12-34(5,6)17-25(27)19-40-22(4)31(45-33(40)42)24-13-21(3)14-26(16-24)35(36,37)38/h9-10,13-16,20,22,30-31,39H,11-12,17-19H2,1-8H3/t22-,30+,31-/m0/s1. The monoisotopic (exact) mass is 630 g/mol. The second-order valence-corrected chi connectivity index (χ2v) is 13.4. The van der Waals surface area contributed by atoms with Crippen LogP contribution in [0.2, 0.25) is 0 Å². The van der Waals surface area contributed by atoms with E-state index >= 15 is 0 Å². The highest BCUT2D eigenvalue weighted by molar-refractivity contribution is 5.77. The highest BCUT2D eigenvalue weighted by Gasteiger charge is 2.42. The molecule has 0 saturated carbocycles. The normalized spacial score (nSPS) is 20.8. The molecule has 10 heteroatoms. The molecule has 7 nitrogen and oxygen atoms in total. The van der Waals surface area contributed by atoms with Gasteiger partial charge in [0.1, 0.15) is 17.9 Å². The Morgan fingerprint density at radius 2 is 1.87 bits per heavy atom. The minimum Gasteiger partial charge on any atom is -0.496 e. The van der Waals surface area contributed by atoms with Gasteiger partial charge in [0.2, 0.25) is 0 Å². The minimum atomic E-state index is -4.50. The number of alkyl halides is 3. The lowest BCUT2D eigenvalue weighted by Crippen LogP contribution is -2.41. The zero-order valence-corrected chi connectivity index (χ0v) is 27.4. The molecule has 4 rings (SSSR count). The molecular formula is C35H45F3N2O5. The number of hydrogen-bond acceptors (Lipinski definition) is 6. The number of amides is 1. The summed E-state index contributed by atoms with van der Waals surface area (Å²) < 4.78 is 57.2. The van der Waals surface area contributed by atoms with Crippen molar-refractivity contribution in [3.63, 3.8) is 0 Å². The minimum absolute atomic E-state index is 0.0132. The Hall–Kier alpha value is -3.53. The summed E-state index contributed by atoms with van der Waals surface area (Å²) >= 11 is 0. The fraction of sp³-hybridized carbons (Fsp3) is 0.543. The van der Waals surface area contributed by atoms with Crippen molar-refractivity contribution in [2.24, 2.45) is 11.3 Å². The molecule has 2 aliphatic rings. The van der Waals surface area contributed by atoms with Crippen molar-refractivity contribution in [1.82, 2.24) is 10.2 Å². The Morgan fingerprint density at radius 1 is 1.16 bits per heavy atom. The van der Waals surface area contributed by atoms with Gasteiger partial charge in [-0.25, -0.2) is 4.79 Å². The average molecular weight is 631 g/mol. The number of nitrogens with one attached hydrogen (secondary N) is 1. The second-order valence-electron chi connectivity index (χ2n) is 13.4. The third-order valence-corrected chi connectivity index (χ3v) is 8.92.